The molecule has 5 heteroatoms. The van der Waals surface area contributed by atoms with Gasteiger partial charge in [-0.05, 0) is 32.8 Å². The molecular weight excluding hydrogens is 264 g/mol. The Morgan fingerprint density at radius 1 is 1.33 bits per heavy atom. The number of ether oxygens (including phenoxy) is 1. The first-order chi connectivity index (χ1) is 10.1. The number of guanidine groups is 1. The van der Waals surface area contributed by atoms with Gasteiger partial charge in [-0.25, -0.2) is 9.98 Å². The molecule has 0 saturated heterocycles. The predicted octanol–water partition coefficient (Wildman–Crippen LogP) is 2.58. The molecule has 5 nitrogen and oxygen atoms in total. The highest BCUT2D eigenvalue weighted by Crippen LogP contribution is 2.15. The van der Waals surface area contributed by atoms with Crippen LogP contribution in [0.2, 0.25) is 0 Å². The second-order valence-electron chi connectivity index (χ2n) is 5.27. The largest absolute Gasteiger partial charge is 0.478 e. The van der Waals surface area contributed by atoms with Gasteiger partial charge in [0.2, 0.25) is 5.88 Å². The molecule has 1 heterocycles. The zero-order valence-electron chi connectivity index (χ0n) is 13.8. The van der Waals surface area contributed by atoms with Crippen LogP contribution in [0.4, 0.5) is 0 Å². The van der Waals surface area contributed by atoms with Gasteiger partial charge in [-0.3, -0.25) is 0 Å². The van der Waals surface area contributed by atoms with Gasteiger partial charge in [0, 0.05) is 24.3 Å². The number of aliphatic imine (C=N–C) groups is 1. The fourth-order valence-electron chi connectivity index (χ4n) is 1.68. The van der Waals surface area contributed by atoms with Crippen molar-refractivity contribution in [1.82, 2.24) is 15.6 Å². The van der Waals surface area contributed by atoms with E-state index in [4.69, 9.17) is 4.74 Å². The topological polar surface area (TPSA) is 58.5 Å². The average molecular weight is 292 g/mol. The summed E-state index contributed by atoms with van der Waals surface area (Å²) >= 11 is 0. The number of pyridine rings is 1. The molecule has 0 aromatic carbocycles. The van der Waals surface area contributed by atoms with Crippen LogP contribution < -0.4 is 15.4 Å². The van der Waals surface area contributed by atoms with E-state index in [1.807, 2.05) is 19.1 Å². The molecule has 118 valence electrons. The maximum absolute atomic E-state index is 5.53. The van der Waals surface area contributed by atoms with Gasteiger partial charge in [0.15, 0.2) is 5.96 Å². The first kappa shape index (κ1) is 17.3. The van der Waals surface area contributed by atoms with Crippen LogP contribution >= 0.6 is 0 Å². The molecule has 0 saturated carbocycles. The van der Waals surface area contributed by atoms with Crippen molar-refractivity contribution < 1.29 is 4.74 Å². The first-order valence-electron chi connectivity index (χ1n) is 7.70. The second kappa shape index (κ2) is 9.21. The van der Waals surface area contributed by atoms with Gasteiger partial charge in [-0.1, -0.05) is 19.9 Å². The molecule has 1 aromatic heterocycles. The van der Waals surface area contributed by atoms with Crippen molar-refractivity contribution in [2.75, 3.05) is 13.2 Å². The molecule has 0 bridgehead atoms. The van der Waals surface area contributed by atoms with E-state index < -0.39 is 0 Å². The Labute approximate surface area is 128 Å². The second-order valence-corrected chi connectivity index (χ2v) is 5.27. The zero-order valence-corrected chi connectivity index (χ0v) is 13.8. The van der Waals surface area contributed by atoms with Crippen molar-refractivity contribution in [2.24, 2.45) is 10.9 Å². The van der Waals surface area contributed by atoms with Gasteiger partial charge in [0.1, 0.15) is 0 Å². The highest BCUT2D eigenvalue weighted by molar-refractivity contribution is 5.80. The third-order valence-electron chi connectivity index (χ3n) is 3.25. The molecule has 21 heavy (non-hydrogen) atoms. The first-order valence-corrected chi connectivity index (χ1v) is 7.70. The number of rotatable bonds is 7. The molecule has 1 atom stereocenters. The van der Waals surface area contributed by atoms with Crippen molar-refractivity contribution in [3.05, 3.63) is 23.9 Å². The zero-order chi connectivity index (χ0) is 15.7. The minimum atomic E-state index is 0.364. The SMILES string of the molecule is CCNC(=NCc1cccnc1OCC)NC(C)C(C)C. The Morgan fingerprint density at radius 3 is 2.71 bits per heavy atom. The van der Waals surface area contributed by atoms with E-state index in [0.717, 1.165) is 18.1 Å². The van der Waals surface area contributed by atoms with E-state index in [9.17, 15) is 0 Å². The lowest BCUT2D eigenvalue weighted by Crippen LogP contribution is -2.44. The van der Waals surface area contributed by atoms with E-state index in [1.54, 1.807) is 6.20 Å². The van der Waals surface area contributed by atoms with Crippen LogP contribution in [0.5, 0.6) is 5.88 Å². The molecule has 0 fully saturated rings. The summed E-state index contributed by atoms with van der Waals surface area (Å²) in [4.78, 5) is 8.87. The van der Waals surface area contributed by atoms with Crippen LogP contribution in [0.1, 0.15) is 40.2 Å². The highest BCUT2D eigenvalue weighted by atomic mass is 16.5. The molecule has 0 spiro atoms. The molecule has 0 radical (unpaired) electrons. The van der Waals surface area contributed by atoms with Crippen LogP contribution in [0, 0.1) is 5.92 Å². The van der Waals surface area contributed by atoms with Crippen LogP contribution in [0.3, 0.4) is 0 Å². The molecule has 0 amide bonds. The van der Waals surface area contributed by atoms with E-state index in [-0.39, 0.29) is 0 Å². The predicted molar refractivity (Wildman–Crippen MR) is 87.7 cm³/mol. The minimum absolute atomic E-state index is 0.364. The number of nitrogens with one attached hydrogen (secondary N) is 2. The fraction of sp³-hybridized carbons (Fsp3) is 0.625. The van der Waals surface area contributed by atoms with E-state index >= 15 is 0 Å². The molecule has 0 aliphatic rings. The van der Waals surface area contributed by atoms with Crippen molar-refractivity contribution in [2.45, 2.75) is 47.2 Å². The number of hydrogen-bond acceptors (Lipinski definition) is 3. The summed E-state index contributed by atoms with van der Waals surface area (Å²) in [7, 11) is 0. The van der Waals surface area contributed by atoms with Crippen LogP contribution in [-0.2, 0) is 6.54 Å². The molecule has 2 N–H and O–H groups in total. The highest BCUT2D eigenvalue weighted by Gasteiger charge is 2.09. The lowest BCUT2D eigenvalue weighted by atomic mass is 10.1. The van der Waals surface area contributed by atoms with Crippen molar-refractivity contribution >= 4 is 5.96 Å². The van der Waals surface area contributed by atoms with Gasteiger partial charge in [-0.2, -0.15) is 0 Å². The standard InChI is InChI=1S/C16H28N4O/c1-6-17-16(20-13(5)12(3)4)19-11-14-9-8-10-18-15(14)21-7-2/h8-10,12-13H,6-7,11H2,1-5H3,(H2,17,19,20). The molecule has 0 aliphatic carbocycles. The van der Waals surface area contributed by atoms with Gasteiger partial charge >= 0.3 is 0 Å². The fourth-order valence-corrected chi connectivity index (χ4v) is 1.68. The summed E-state index contributed by atoms with van der Waals surface area (Å²) in [6, 6.07) is 4.27. The van der Waals surface area contributed by atoms with Crippen molar-refractivity contribution in [3.8, 4) is 5.88 Å². The summed E-state index contributed by atoms with van der Waals surface area (Å²) < 4.78 is 5.53. The maximum Gasteiger partial charge on any atom is 0.218 e. The van der Waals surface area contributed by atoms with E-state index in [2.05, 4.69) is 48.3 Å². The third-order valence-corrected chi connectivity index (χ3v) is 3.25. The summed E-state index contributed by atoms with van der Waals surface area (Å²) in [5.41, 5.74) is 0.994. The Kier molecular flexibility index (Phi) is 7.58. The van der Waals surface area contributed by atoms with Gasteiger partial charge in [0.25, 0.3) is 0 Å². The van der Waals surface area contributed by atoms with Crippen LogP contribution in [-0.4, -0.2) is 30.1 Å². The number of aromatic nitrogens is 1. The van der Waals surface area contributed by atoms with E-state index in [0.29, 0.717) is 31.0 Å². The lowest BCUT2D eigenvalue weighted by molar-refractivity contribution is 0.323. The summed E-state index contributed by atoms with van der Waals surface area (Å²) in [5, 5.41) is 6.68. The molecular formula is C16H28N4O. The van der Waals surface area contributed by atoms with Crippen molar-refractivity contribution in [3.63, 3.8) is 0 Å². The average Bonchev–Trinajstić information content (AvgIpc) is 2.46. The molecule has 1 rings (SSSR count). The molecule has 0 aliphatic heterocycles. The Balaban J connectivity index is 2.77. The quantitative estimate of drug-likeness (QED) is 0.599. The Hall–Kier alpha value is -1.78. The minimum Gasteiger partial charge on any atom is -0.478 e. The van der Waals surface area contributed by atoms with Crippen molar-refractivity contribution in [1.29, 1.82) is 0 Å². The van der Waals surface area contributed by atoms with Crippen LogP contribution in [0.25, 0.3) is 0 Å². The lowest BCUT2D eigenvalue weighted by Gasteiger charge is -2.20. The van der Waals surface area contributed by atoms with Gasteiger partial charge in [-0.15, -0.1) is 0 Å². The third kappa shape index (κ3) is 6.02. The number of nitrogens with zero attached hydrogens (tertiary/aromatic N) is 2. The smallest absolute Gasteiger partial charge is 0.218 e. The summed E-state index contributed by atoms with van der Waals surface area (Å²) in [5.74, 6) is 2.03. The van der Waals surface area contributed by atoms with Gasteiger partial charge < -0.3 is 15.4 Å². The Bertz CT molecular complexity index is 446. The molecule has 1 unspecified atom stereocenters. The van der Waals surface area contributed by atoms with E-state index in [1.165, 1.54) is 0 Å². The summed E-state index contributed by atoms with van der Waals surface area (Å²) in [6.07, 6.45) is 1.74. The normalized spacial score (nSPS) is 13.1. The monoisotopic (exact) mass is 292 g/mol. The molecule has 1 aromatic rings. The maximum atomic E-state index is 5.53. The summed E-state index contributed by atoms with van der Waals surface area (Å²) in [6.45, 7) is 12.5. The van der Waals surface area contributed by atoms with Gasteiger partial charge in [0.05, 0.1) is 13.2 Å². The Morgan fingerprint density at radius 2 is 2.10 bits per heavy atom. The van der Waals surface area contributed by atoms with Crippen LogP contribution in [0.15, 0.2) is 23.3 Å². The number of hydrogen-bond donors (Lipinski definition) is 2.